The Labute approximate surface area is 353 Å². The van der Waals surface area contributed by atoms with E-state index in [1.807, 2.05) is 0 Å². The molecule has 2 heterocycles. The van der Waals surface area contributed by atoms with E-state index >= 15 is 0 Å². The second-order valence-electron chi connectivity index (χ2n) is 17.5. The van der Waals surface area contributed by atoms with Gasteiger partial charge in [-0.3, -0.25) is 0 Å². The maximum Gasteiger partial charge on any atom is 0.209 e. The normalized spacial score (nSPS) is 18.4. The maximum atomic E-state index is 7.01. The molecular weight excluding hydrogens is 723 g/mol. The van der Waals surface area contributed by atoms with E-state index < -0.39 is 6.15 Å². The molecule has 8 rings (SSSR count). The predicted molar refractivity (Wildman–Crippen MR) is 254 cm³/mol. The third-order valence-corrected chi connectivity index (χ3v) is 13.8. The van der Waals surface area contributed by atoms with Crippen molar-refractivity contribution in [3.05, 3.63) is 197 Å². The molecule has 0 amide bonds. The van der Waals surface area contributed by atoms with Crippen LogP contribution in [0.5, 0.6) is 0 Å². The highest BCUT2D eigenvalue weighted by atomic mass is 35.5. The van der Waals surface area contributed by atoms with E-state index in [0.717, 1.165) is 24.3 Å². The molecule has 296 valence electrons. The number of hydrogen-bond donors (Lipinski definition) is 0. The molecule has 2 nitrogen and oxygen atoms in total. The van der Waals surface area contributed by atoms with E-state index in [9.17, 15) is 0 Å². The van der Waals surface area contributed by atoms with E-state index in [4.69, 9.17) is 11.6 Å². The lowest BCUT2D eigenvalue weighted by molar-refractivity contribution is -0.401. The Morgan fingerprint density at radius 3 is 1.74 bits per heavy atom. The summed E-state index contributed by atoms with van der Waals surface area (Å²) >= 11 is 7.01. The zero-order valence-corrected chi connectivity index (χ0v) is 36.4. The highest BCUT2D eigenvalue weighted by molar-refractivity contribution is 7.11. The number of para-hydroxylation sites is 2. The Morgan fingerprint density at radius 1 is 0.655 bits per heavy atom. The van der Waals surface area contributed by atoms with Crippen molar-refractivity contribution >= 4 is 51.2 Å². The molecule has 0 atom stereocenters. The summed E-state index contributed by atoms with van der Waals surface area (Å²) in [5, 5.41) is 0.914. The standard InChI is InChI=1S/C32H36ClN2.C22H24B/c1-31(2)24-14-7-9-16-26(24)34(5)28(31)20-18-22-12-11-13-23(30(22)33)19-21-29-32(3,4)25-15-8-10-17-27(25)35(29)6;1-2-3-19-23(20-13-7-4-8-14-20,21-15-9-5-10-16-21)22-17-11-6-12-18-22/h7-10,14-21H,11-13H2,1-6H3;4-18H,2-3,19H2,1H3/q+1;-1. The number of unbranched alkanes of at least 4 members (excludes halogenated alkanes) is 1. The minimum atomic E-state index is -0.913. The summed E-state index contributed by atoms with van der Waals surface area (Å²) in [4.78, 5) is 2.32. The molecular formula is C54H60BClN2. The topological polar surface area (TPSA) is 6.25 Å². The highest BCUT2D eigenvalue weighted by Crippen LogP contribution is 2.47. The van der Waals surface area contributed by atoms with Crippen LogP contribution in [-0.2, 0) is 10.8 Å². The van der Waals surface area contributed by atoms with Crippen molar-refractivity contribution in [2.24, 2.45) is 0 Å². The van der Waals surface area contributed by atoms with Gasteiger partial charge in [-0.2, -0.15) is 27.3 Å². The van der Waals surface area contributed by atoms with Gasteiger partial charge in [0.2, 0.25) is 5.69 Å². The maximum absolute atomic E-state index is 7.01. The van der Waals surface area contributed by atoms with E-state index in [1.54, 1.807) is 0 Å². The molecule has 5 aromatic rings. The molecule has 0 unspecified atom stereocenters. The number of anilines is 1. The van der Waals surface area contributed by atoms with Crippen LogP contribution in [0.2, 0.25) is 6.32 Å². The number of fused-ring (bicyclic) bond motifs is 2. The first-order valence-corrected chi connectivity index (χ1v) is 21.8. The summed E-state index contributed by atoms with van der Waals surface area (Å²) in [5.41, 5.74) is 14.7. The van der Waals surface area contributed by atoms with Crippen molar-refractivity contribution in [3.8, 4) is 0 Å². The molecule has 0 fully saturated rings. The molecule has 5 aromatic carbocycles. The van der Waals surface area contributed by atoms with Gasteiger partial charge in [-0.1, -0.05) is 185 Å². The zero-order chi connectivity index (χ0) is 40.9. The van der Waals surface area contributed by atoms with E-state index in [0.29, 0.717) is 0 Å². The molecule has 58 heavy (non-hydrogen) atoms. The second kappa shape index (κ2) is 17.4. The number of allylic oxidation sites excluding steroid dienone is 8. The molecule has 2 aliphatic heterocycles. The number of hydrogen-bond acceptors (Lipinski definition) is 1. The fraction of sp³-hybridized carbons (Fsp3) is 0.278. The monoisotopic (exact) mass is 782 g/mol. The molecule has 0 saturated carbocycles. The summed E-state index contributed by atoms with van der Waals surface area (Å²) in [6.45, 7) is 11.5. The Bertz CT molecular complexity index is 2290. The quantitative estimate of drug-likeness (QED) is 0.107. The molecule has 0 spiro atoms. The van der Waals surface area contributed by atoms with Crippen molar-refractivity contribution in [2.75, 3.05) is 19.0 Å². The van der Waals surface area contributed by atoms with Crippen LogP contribution in [0.4, 0.5) is 11.4 Å². The van der Waals surface area contributed by atoms with Crippen LogP contribution in [0.15, 0.2) is 186 Å². The summed E-state index contributed by atoms with van der Waals surface area (Å²) in [6.07, 6.45) is 15.0. The number of rotatable bonds is 9. The van der Waals surface area contributed by atoms with Crippen molar-refractivity contribution in [1.29, 1.82) is 0 Å². The van der Waals surface area contributed by atoms with Crippen LogP contribution < -0.4 is 21.3 Å². The van der Waals surface area contributed by atoms with Gasteiger partial charge in [0.15, 0.2) is 5.71 Å². The first kappa shape index (κ1) is 41.1. The number of benzene rings is 5. The van der Waals surface area contributed by atoms with Crippen LogP contribution in [0.25, 0.3) is 0 Å². The van der Waals surface area contributed by atoms with Gasteiger partial charge in [0.05, 0.1) is 11.6 Å². The van der Waals surface area contributed by atoms with Crippen molar-refractivity contribution in [3.63, 3.8) is 0 Å². The van der Waals surface area contributed by atoms with Gasteiger partial charge in [-0.25, -0.2) is 0 Å². The van der Waals surface area contributed by atoms with E-state index in [1.165, 1.54) is 80.6 Å². The summed E-state index contributed by atoms with van der Waals surface area (Å²) in [6, 6.07) is 50.6. The number of likely N-dealkylation sites (N-methyl/N-ethyl adjacent to an activating group) is 1. The third-order valence-electron chi connectivity index (χ3n) is 13.3. The van der Waals surface area contributed by atoms with Gasteiger partial charge in [0.1, 0.15) is 7.05 Å². The lowest BCUT2D eigenvalue weighted by Crippen LogP contribution is -2.66. The van der Waals surface area contributed by atoms with Crippen LogP contribution in [0.1, 0.15) is 77.8 Å². The predicted octanol–water partition coefficient (Wildman–Crippen LogP) is 12.1. The SMILES string of the molecule is CCCC[B-](c1ccccc1)(c1ccccc1)c1ccccc1.CN1/C(=C/C=C2\CCCC(/C=C/C3=[N+](C)c4ccccc4C3(C)C)=C2Cl)C(C)(C)c2ccccc21. The second-order valence-corrected chi connectivity index (χ2v) is 17.9. The van der Waals surface area contributed by atoms with Crippen molar-refractivity contribution < 1.29 is 4.58 Å². The molecule has 0 N–H and O–H groups in total. The molecule has 0 bridgehead atoms. The lowest BCUT2D eigenvalue weighted by atomic mass is 9.14. The molecule has 0 saturated heterocycles. The first-order valence-electron chi connectivity index (χ1n) is 21.4. The minimum Gasteiger partial charge on any atom is -0.347 e. The smallest absolute Gasteiger partial charge is 0.209 e. The average molecular weight is 783 g/mol. The van der Waals surface area contributed by atoms with Crippen LogP contribution in [0, 0.1) is 0 Å². The van der Waals surface area contributed by atoms with Crippen LogP contribution >= 0.6 is 11.6 Å². The third kappa shape index (κ3) is 7.74. The lowest BCUT2D eigenvalue weighted by Gasteiger charge is -2.43. The Morgan fingerprint density at radius 2 is 1.19 bits per heavy atom. The molecule has 3 aliphatic rings. The average Bonchev–Trinajstić information content (AvgIpc) is 3.57. The van der Waals surface area contributed by atoms with Gasteiger partial charge >= 0.3 is 0 Å². The van der Waals surface area contributed by atoms with Crippen molar-refractivity contribution in [2.45, 2.75) is 83.9 Å². The number of nitrogens with zero attached hydrogens (tertiary/aromatic N) is 2. The Hall–Kier alpha value is -5.12. The zero-order valence-electron chi connectivity index (χ0n) is 35.7. The fourth-order valence-electron chi connectivity index (χ4n) is 10.1. The summed E-state index contributed by atoms with van der Waals surface area (Å²) in [7, 11) is 4.33. The molecule has 1 aliphatic carbocycles. The fourth-order valence-corrected chi connectivity index (χ4v) is 10.4. The van der Waals surface area contributed by atoms with E-state index in [-0.39, 0.29) is 10.8 Å². The molecule has 0 radical (unpaired) electrons. The van der Waals surface area contributed by atoms with Gasteiger partial charge < -0.3 is 4.90 Å². The van der Waals surface area contributed by atoms with Crippen molar-refractivity contribution in [1.82, 2.24) is 0 Å². The van der Waals surface area contributed by atoms with Gasteiger partial charge in [-0.15, -0.1) is 0 Å². The molecule has 4 heteroatoms. The summed E-state index contributed by atoms with van der Waals surface area (Å²) in [5.74, 6) is 0. The Kier molecular flexibility index (Phi) is 12.3. The highest BCUT2D eigenvalue weighted by Gasteiger charge is 2.42. The Balaban J connectivity index is 0.000000193. The van der Waals surface area contributed by atoms with Crippen LogP contribution in [0.3, 0.4) is 0 Å². The van der Waals surface area contributed by atoms with E-state index in [2.05, 4.69) is 222 Å². The minimum absolute atomic E-state index is 0.0275. The summed E-state index contributed by atoms with van der Waals surface area (Å²) < 4.78 is 2.32. The first-order chi connectivity index (χ1) is 28.0. The van der Waals surface area contributed by atoms with Gasteiger partial charge in [0, 0.05) is 46.6 Å². The van der Waals surface area contributed by atoms with Gasteiger partial charge in [0.25, 0.3) is 0 Å². The number of halogens is 1. The molecule has 0 aromatic heterocycles. The van der Waals surface area contributed by atoms with Gasteiger partial charge in [-0.05, 0) is 62.0 Å². The largest absolute Gasteiger partial charge is 0.347 e. The van der Waals surface area contributed by atoms with Crippen LogP contribution in [-0.4, -0.2) is 30.5 Å².